The van der Waals surface area contributed by atoms with E-state index >= 15 is 0 Å². The second-order valence-corrected chi connectivity index (χ2v) is 5.36. The lowest BCUT2D eigenvalue weighted by Gasteiger charge is -2.35. The van der Waals surface area contributed by atoms with Gasteiger partial charge >= 0.3 is 0 Å². The molecule has 2 aliphatic heterocycles. The van der Waals surface area contributed by atoms with Gasteiger partial charge in [0.2, 0.25) is 5.91 Å². The minimum Gasteiger partial charge on any atom is -0.341 e. The minimum atomic E-state index is 0.117. The van der Waals surface area contributed by atoms with Crippen molar-refractivity contribution >= 4 is 5.91 Å². The number of hydrogen-bond donors (Lipinski definition) is 1. The highest BCUT2D eigenvalue weighted by Gasteiger charge is 2.36. The molecule has 2 unspecified atom stereocenters. The molecule has 1 aromatic heterocycles. The van der Waals surface area contributed by atoms with E-state index in [0.717, 1.165) is 12.8 Å². The lowest BCUT2D eigenvalue weighted by atomic mass is 9.98. The number of rotatable bonds is 3. The Hall–Kier alpha value is -1.43. The maximum absolute atomic E-state index is 12.2. The molecule has 98 valence electrons. The van der Waals surface area contributed by atoms with Gasteiger partial charge in [-0.05, 0) is 25.7 Å². The highest BCUT2D eigenvalue weighted by atomic mass is 16.2. The average Bonchev–Trinajstić information content (AvgIpc) is 2.98. The maximum Gasteiger partial charge on any atom is 0.244 e. The molecule has 1 N–H and O–H groups in total. The number of likely N-dealkylation sites (N-methyl/N-ethyl adjacent to an activating group) is 1. The van der Waals surface area contributed by atoms with E-state index in [-0.39, 0.29) is 12.5 Å². The Morgan fingerprint density at radius 2 is 2.17 bits per heavy atom. The van der Waals surface area contributed by atoms with Gasteiger partial charge in [0.1, 0.15) is 19.2 Å². The van der Waals surface area contributed by atoms with Gasteiger partial charge in [0.25, 0.3) is 0 Å². The fourth-order valence-corrected chi connectivity index (χ4v) is 3.11. The molecule has 0 saturated carbocycles. The number of aromatic nitrogens is 3. The normalized spacial score (nSPS) is 30.4. The first-order chi connectivity index (χ1) is 8.72. The summed E-state index contributed by atoms with van der Waals surface area (Å²) >= 11 is 0. The number of piperidine rings is 1. The van der Waals surface area contributed by atoms with E-state index in [1.807, 2.05) is 11.9 Å². The first-order valence-corrected chi connectivity index (χ1v) is 6.56. The van der Waals surface area contributed by atoms with Crippen molar-refractivity contribution < 1.29 is 4.79 Å². The molecule has 3 rings (SSSR count). The summed E-state index contributed by atoms with van der Waals surface area (Å²) in [7, 11) is 1.91. The zero-order chi connectivity index (χ0) is 12.5. The predicted molar refractivity (Wildman–Crippen MR) is 65.8 cm³/mol. The molecule has 2 saturated heterocycles. The summed E-state index contributed by atoms with van der Waals surface area (Å²) in [6.45, 7) is 0.287. The lowest BCUT2D eigenvalue weighted by molar-refractivity contribution is -0.133. The number of nitrogens with zero attached hydrogens (tertiary/aromatic N) is 4. The van der Waals surface area contributed by atoms with Crippen molar-refractivity contribution in [3.8, 4) is 0 Å². The van der Waals surface area contributed by atoms with Gasteiger partial charge < -0.3 is 10.2 Å². The molecule has 0 radical (unpaired) electrons. The summed E-state index contributed by atoms with van der Waals surface area (Å²) in [5, 5.41) is 7.57. The van der Waals surface area contributed by atoms with Crippen molar-refractivity contribution in [2.75, 3.05) is 7.05 Å². The van der Waals surface area contributed by atoms with Crippen LogP contribution in [-0.2, 0) is 11.3 Å². The molecular formula is C12H19N5O. The third kappa shape index (κ3) is 2.25. The van der Waals surface area contributed by atoms with E-state index in [2.05, 4.69) is 15.4 Å². The SMILES string of the molecule is CN(C(=O)Cn1cncn1)C1CC2CCC(C1)N2. The Bertz CT molecular complexity index is 406. The van der Waals surface area contributed by atoms with Crippen LogP contribution >= 0.6 is 0 Å². The van der Waals surface area contributed by atoms with E-state index in [0.29, 0.717) is 18.1 Å². The van der Waals surface area contributed by atoms with Crippen LogP contribution in [0.3, 0.4) is 0 Å². The van der Waals surface area contributed by atoms with E-state index in [9.17, 15) is 4.79 Å². The van der Waals surface area contributed by atoms with Crippen LogP contribution in [-0.4, -0.2) is 50.7 Å². The third-order valence-electron chi connectivity index (χ3n) is 4.15. The Balaban J connectivity index is 1.60. The van der Waals surface area contributed by atoms with Gasteiger partial charge in [-0.1, -0.05) is 0 Å². The van der Waals surface area contributed by atoms with Crippen LogP contribution in [0.2, 0.25) is 0 Å². The standard InChI is InChI=1S/C12H19N5O/c1-16(12(18)6-17-8-13-7-14-17)11-4-9-2-3-10(5-11)15-9/h7-11,15H,2-6H2,1H3. The van der Waals surface area contributed by atoms with Gasteiger partial charge in [0.15, 0.2) is 0 Å². The fourth-order valence-electron chi connectivity index (χ4n) is 3.11. The summed E-state index contributed by atoms with van der Waals surface area (Å²) in [6, 6.07) is 1.59. The van der Waals surface area contributed by atoms with Crippen molar-refractivity contribution in [1.29, 1.82) is 0 Å². The molecule has 0 spiro atoms. The van der Waals surface area contributed by atoms with Gasteiger partial charge in [-0.15, -0.1) is 0 Å². The van der Waals surface area contributed by atoms with Crippen molar-refractivity contribution in [3.63, 3.8) is 0 Å². The van der Waals surface area contributed by atoms with Crippen molar-refractivity contribution in [3.05, 3.63) is 12.7 Å². The Kier molecular flexibility index (Phi) is 3.03. The number of carbonyl (C=O) groups is 1. The second kappa shape index (κ2) is 4.68. The summed E-state index contributed by atoms with van der Waals surface area (Å²) in [4.78, 5) is 17.9. The van der Waals surface area contributed by atoms with Crippen LogP contribution in [0, 0.1) is 0 Å². The summed E-state index contributed by atoms with van der Waals surface area (Å²) in [6.07, 6.45) is 7.71. The molecule has 2 aliphatic rings. The second-order valence-electron chi connectivity index (χ2n) is 5.36. The van der Waals surface area contributed by atoms with E-state index < -0.39 is 0 Å². The Labute approximate surface area is 106 Å². The third-order valence-corrected chi connectivity index (χ3v) is 4.15. The zero-order valence-electron chi connectivity index (χ0n) is 10.6. The van der Waals surface area contributed by atoms with Gasteiger partial charge in [0.05, 0.1) is 0 Å². The maximum atomic E-state index is 12.2. The van der Waals surface area contributed by atoms with Crippen LogP contribution in [0.1, 0.15) is 25.7 Å². The van der Waals surface area contributed by atoms with Crippen LogP contribution in [0.5, 0.6) is 0 Å². The van der Waals surface area contributed by atoms with Gasteiger partial charge in [-0.2, -0.15) is 5.10 Å². The number of fused-ring (bicyclic) bond motifs is 2. The van der Waals surface area contributed by atoms with Crippen molar-refractivity contribution in [2.24, 2.45) is 0 Å². The number of hydrogen-bond acceptors (Lipinski definition) is 4. The largest absolute Gasteiger partial charge is 0.341 e. The van der Waals surface area contributed by atoms with E-state index in [4.69, 9.17) is 0 Å². The van der Waals surface area contributed by atoms with E-state index in [1.54, 1.807) is 11.0 Å². The molecule has 1 amide bonds. The molecule has 2 fully saturated rings. The molecule has 18 heavy (non-hydrogen) atoms. The first kappa shape index (κ1) is 11.6. The zero-order valence-corrected chi connectivity index (χ0v) is 10.6. The van der Waals surface area contributed by atoms with Crippen molar-refractivity contribution in [2.45, 2.75) is 50.4 Å². The molecular weight excluding hydrogens is 230 g/mol. The fraction of sp³-hybridized carbons (Fsp3) is 0.750. The van der Waals surface area contributed by atoms with Crippen LogP contribution in [0.4, 0.5) is 0 Å². The molecule has 2 bridgehead atoms. The van der Waals surface area contributed by atoms with Crippen molar-refractivity contribution in [1.82, 2.24) is 25.0 Å². The van der Waals surface area contributed by atoms with Gasteiger partial charge in [0, 0.05) is 25.2 Å². The van der Waals surface area contributed by atoms with Crippen LogP contribution in [0.15, 0.2) is 12.7 Å². The number of nitrogens with one attached hydrogen (secondary N) is 1. The molecule has 0 aliphatic carbocycles. The van der Waals surface area contributed by atoms with Crippen LogP contribution in [0.25, 0.3) is 0 Å². The molecule has 6 nitrogen and oxygen atoms in total. The quantitative estimate of drug-likeness (QED) is 0.820. The molecule has 0 aromatic carbocycles. The molecule has 2 atom stereocenters. The van der Waals surface area contributed by atoms with Gasteiger partial charge in [-0.25, -0.2) is 9.67 Å². The predicted octanol–water partition coefficient (Wildman–Crippen LogP) is 0.0195. The average molecular weight is 249 g/mol. The summed E-state index contributed by atoms with van der Waals surface area (Å²) in [5.74, 6) is 0.117. The summed E-state index contributed by atoms with van der Waals surface area (Å²) in [5.41, 5.74) is 0. The number of carbonyl (C=O) groups excluding carboxylic acids is 1. The van der Waals surface area contributed by atoms with Crippen LogP contribution < -0.4 is 5.32 Å². The monoisotopic (exact) mass is 249 g/mol. The molecule has 6 heteroatoms. The Morgan fingerprint density at radius 3 is 2.78 bits per heavy atom. The summed E-state index contributed by atoms with van der Waals surface area (Å²) < 4.78 is 1.58. The topological polar surface area (TPSA) is 63.1 Å². The highest BCUT2D eigenvalue weighted by Crippen LogP contribution is 2.29. The Morgan fingerprint density at radius 1 is 1.44 bits per heavy atom. The lowest BCUT2D eigenvalue weighted by Crippen LogP contribution is -2.49. The molecule has 3 heterocycles. The number of amides is 1. The highest BCUT2D eigenvalue weighted by molar-refractivity contribution is 5.75. The van der Waals surface area contributed by atoms with E-state index in [1.165, 1.54) is 19.2 Å². The minimum absolute atomic E-state index is 0.117. The first-order valence-electron chi connectivity index (χ1n) is 6.56. The molecule has 1 aromatic rings. The van der Waals surface area contributed by atoms with Gasteiger partial charge in [-0.3, -0.25) is 4.79 Å². The smallest absolute Gasteiger partial charge is 0.244 e.